The number of anilines is 1. The molecule has 3 aromatic carbocycles. The van der Waals surface area contributed by atoms with Gasteiger partial charge in [-0.05, 0) is 66.2 Å². The molecule has 1 saturated heterocycles. The van der Waals surface area contributed by atoms with Crippen LogP contribution in [-0.2, 0) is 14.4 Å². The number of hydrogen-bond acceptors (Lipinski definition) is 3. The number of fused-ring (bicyclic) bond motifs is 5. The van der Waals surface area contributed by atoms with Crippen molar-refractivity contribution >= 4 is 34.4 Å². The molecule has 3 aliphatic rings. The molecule has 0 unspecified atom stereocenters. The number of carbonyl (C=O) groups excluding carboxylic acids is 3. The van der Waals surface area contributed by atoms with Gasteiger partial charge in [-0.25, -0.2) is 4.90 Å². The van der Waals surface area contributed by atoms with Gasteiger partial charge in [-0.1, -0.05) is 86.6 Å². The molecule has 0 spiro atoms. The van der Waals surface area contributed by atoms with E-state index in [1.165, 1.54) is 4.90 Å². The molecule has 1 heterocycles. The highest BCUT2D eigenvalue weighted by molar-refractivity contribution is 6.34. The van der Waals surface area contributed by atoms with Gasteiger partial charge in [0, 0.05) is 0 Å². The Kier molecular flexibility index (Phi) is 5.17. The lowest BCUT2D eigenvalue weighted by molar-refractivity contribution is -0.134. The SMILES string of the molecule is CC[C@]12C(=O)[C@](CC)(C(c3ccccc3)=C1c1ccccc1)[C@H]1C(=O)N(c3cc(C)ccc3C)C(=O)[C@@H]12. The first-order valence-electron chi connectivity index (χ1n) is 13.2. The number of nitrogens with zero attached hydrogens (tertiary/aromatic N) is 1. The summed E-state index contributed by atoms with van der Waals surface area (Å²) >= 11 is 0. The van der Waals surface area contributed by atoms with E-state index in [0.29, 0.717) is 18.5 Å². The van der Waals surface area contributed by atoms with Gasteiger partial charge >= 0.3 is 0 Å². The summed E-state index contributed by atoms with van der Waals surface area (Å²) in [4.78, 5) is 44.9. The van der Waals surface area contributed by atoms with Crippen molar-refractivity contribution in [2.24, 2.45) is 22.7 Å². The Hall–Kier alpha value is -3.79. The number of ketones is 1. The largest absolute Gasteiger partial charge is 0.298 e. The number of imide groups is 1. The van der Waals surface area contributed by atoms with Gasteiger partial charge < -0.3 is 0 Å². The summed E-state index contributed by atoms with van der Waals surface area (Å²) < 4.78 is 0. The zero-order valence-electron chi connectivity index (χ0n) is 21.7. The van der Waals surface area contributed by atoms with E-state index in [0.717, 1.165) is 33.4 Å². The van der Waals surface area contributed by atoms with Crippen LogP contribution < -0.4 is 4.90 Å². The van der Waals surface area contributed by atoms with Gasteiger partial charge in [0.2, 0.25) is 11.8 Å². The number of benzene rings is 3. The van der Waals surface area contributed by atoms with E-state index < -0.39 is 22.7 Å². The van der Waals surface area contributed by atoms with Crippen molar-refractivity contribution < 1.29 is 14.4 Å². The van der Waals surface area contributed by atoms with Crippen LogP contribution in [-0.4, -0.2) is 17.6 Å². The van der Waals surface area contributed by atoms with Crippen molar-refractivity contribution in [3.8, 4) is 0 Å². The zero-order valence-corrected chi connectivity index (χ0v) is 21.7. The van der Waals surface area contributed by atoms with Crippen LogP contribution in [0.4, 0.5) is 5.69 Å². The van der Waals surface area contributed by atoms with Crippen molar-refractivity contribution in [1.82, 2.24) is 0 Å². The van der Waals surface area contributed by atoms with Gasteiger partial charge in [-0.2, -0.15) is 0 Å². The minimum Gasteiger partial charge on any atom is -0.298 e. The third-order valence-corrected chi connectivity index (χ3v) is 9.17. The Bertz CT molecular complexity index is 1400. The number of hydrogen-bond donors (Lipinski definition) is 0. The van der Waals surface area contributed by atoms with Crippen molar-refractivity contribution in [3.05, 3.63) is 101 Å². The van der Waals surface area contributed by atoms with E-state index in [1.54, 1.807) is 0 Å². The van der Waals surface area contributed by atoms with Crippen LogP contribution in [0.5, 0.6) is 0 Å². The molecular weight excluding hydrogens is 458 g/mol. The standard InChI is InChI=1S/C33H31NO3/c1-5-32-25(22-13-9-7-10-14-22)26(23-15-11-8-12-16-23)33(6-2,31(32)37)28-27(32)29(35)34(30(28)36)24-19-20(3)17-18-21(24)4/h7-19,27-28H,5-6H2,1-4H3/t27-,28-,32-,33+/m1/s1. The quantitative estimate of drug-likeness (QED) is 0.389. The van der Waals surface area contributed by atoms with Gasteiger partial charge in [0.05, 0.1) is 28.4 Å². The van der Waals surface area contributed by atoms with Crippen LogP contribution in [0.3, 0.4) is 0 Å². The van der Waals surface area contributed by atoms with E-state index in [4.69, 9.17) is 0 Å². The summed E-state index contributed by atoms with van der Waals surface area (Å²) in [5.41, 5.74) is 4.17. The molecule has 4 nitrogen and oxygen atoms in total. The normalized spacial score (nSPS) is 28.4. The molecule has 4 heteroatoms. The van der Waals surface area contributed by atoms with Crippen molar-refractivity contribution in [2.45, 2.75) is 40.5 Å². The summed E-state index contributed by atoms with van der Waals surface area (Å²) in [5.74, 6) is -1.86. The lowest BCUT2D eigenvalue weighted by Crippen LogP contribution is -2.42. The molecule has 37 heavy (non-hydrogen) atoms. The molecule has 2 bridgehead atoms. The maximum atomic E-state index is 14.7. The van der Waals surface area contributed by atoms with Crippen LogP contribution in [0, 0.1) is 36.5 Å². The van der Waals surface area contributed by atoms with Crippen LogP contribution in [0.25, 0.3) is 11.1 Å². The van der Waals surface area contributed by atoms with Crippen molar-refractivity contribution in [3.63, 3.8) is 0 Å². The maximum absolute atomic E-state index is 14.7. The lowest BCUT2D eigenvalue weighted by Gasteiger charge is -2.38. The van der Waals surface area contributed by atoms with Crippen LogP contribution >= 0.6 is 0 Å². The highest BCUT2D eigenvalue weighted by atomic mass is 16.2. The fourth-order valence-electron chi connectivity index (χ4n) is 7.65. The molecule has 1 saturated carbocycles. The van der Waals surface area contributed by atoms with Gasteiger partial charge in [-0.15, -0.1) is 0 Å². The van der Waals surface area contributed by atoms with Gasteiger partial charge in [0.1, 0.15) is 0 Å². The number of Topliss-reactive ketones (excluding diaryl/α,β-unsaturated/α-hetero) is 1. The molecule has 4 atom stereocenters. The van der Waals surface area contributed by atoms with Crippen molar-refractivity contribution in [1.29, 1.82) is 0 Å². The van der Waals surface area contributed by atoms with Crippen molar-refractivity contribution in [2.75, 3.05) is 4.90 Å². The summed E-state index contributed by atoms with van der Waals surface area (Å²) in [7, 11) is 0. The Morgan fingerprint density at radius 1 is 0.676 bits per heavy atom. The second-order valence-corrected chi connectivity index (χ2v) is 10.7. The topological polar surface area (TPSA) is 54.5 Å². The Balaban J connectivity index is 1.68. The summed E-state index contributed by atoms with van der Waals surface area (Å²) in [5, 5.41) is 0. The Labute approximate surface area is 218 Å². The molecule has 0 aromatic heterocycles. The molecule has 2 amide bonds. The molecule has 2 fully saturated rings. The number of allylic oxidation sites excluding steroid dienone is 2. The second kappa shape index (κ2) is 8.11. The molecular formula is C33H31NO3. The minimum atomic E-state index is -1.05. The Morgan fingerprint density at radius 2 is 1.14 bits per heavy atom. The predicted molar refractivity (Wildman–Crippen MR) is 146 cm³/mol. The summed E-state index contributed by atoms with van der Waals surface area (Å²) in [6.45, 7) is 7.88. The molecule has 3 aromatic rings. The number of carbonyl (C=O) groups is 3. The minimum absolute atomic E-state index is 0.0417. The van der Waals surface area contributed by atoms with Crippen LogP contribution in [0.2, 0.25) is 0 Å². The zero-order chi connectivity index (χ0) is 26.1. The average Bonchev–Trinajstić information content (AvgIpc) is 3.42. The van der Waals surface area contributed by atoms with Gasteiger partial charge in [-0.3, -0.25) is 14.4 Å². The molecule has 186 valence electrons. The lowest BCUT2D eigenvalue weighted by atomic mass is 9.60. The van der Waals surface area contributed by atoms with E-state index in [9.17, 15) is 14.4 Å². The number of aryl methyl sites for hydroxylation is 2. The van der Waals surface area contributed by atoms with E-state index >= 15 is 0 Å². The van der Waals surface area contributed by atoms with E-state index in [1.807, 2.05) is 107 Å². The molecule has 0 N–H and O–H groups in total. The first-order valence-corrected chi connectivity index (χ1v) is 13.2. The molecule has 0 radical (unpaired) electrons. The first kappa shape index (κ1) is 23.6. The smallest absolute Gasteiger partial charge is 0.239 e. The first-order chi connectivity index (χ1) is 17.8. The highest BCUT2D eigenvalue weighted by Gasteiger charge is 2.80. The summed E-state index contributed by atoms with van der Waals surface area (Å²) in [6, 6.07) is 25.8. The van der Waals surface area contributed by atoms with Crippen LogP contribution in [0.1, 0.15) is 48.9 Å². The second-order valence-electron chi connectivity index (χ2n) is 10.7. The third-order valence-electron chi connectivity index (χ3n) is 9.17. The van der Waals surface area contributed by atoms with E-state index in [-0.39, 0.29) is 17.6 Å². The average molecular weight is 490 g/mol. The number of amides is 2. The van der Waals surface area contributed by atoms with Gasteiger partial charge in [0.15, 0.2) is 5.78 Å². The summed E-state index contributed by atoms with van der Waals surface area (Å²) in [6.07, 6.45) is 0.934. The third kappa shape index (κ3) is 2.76. The van der Waals surface area contributed by atoms with Crippen LogP contribution in [0.15, 0.2) is 78.9 Å². The molecule has 1 aliphatic heterocycles. The Morgan fingerprint density at radius 3 is 1.57 bits per heavy atom. The van der Waals surface area contributed by atoms with Gasteiger partial charge in [0.25, 0.3) is 0 Å². The van der Waals surface area contributed by atoms with E-state index in [2.05, 4.69) is 0 Å². The molecule has 6 rings (SSSR count). The monoisotopic (exact) mass is 489 g/mol. The fourth-order valence-corrected chi connectivity index (χ4v) is 7.65. The highest BCUT2D eigenvalue weighted by Crippen LogP contribution is 2.75. The maximum Gasteiger partial charge on any atom is 0.239 e. The predicted octanol–water partition coefficient (Wildman–Crippen LogP) is 6.41. The molecule has 2 aliphatic carbocycles. The number of rotatable bonds is 5. The fraction of sp³-hybridized carbons (Fsp3) is 0.303.